The highest BCUT2D eigenvalue weighted by Gasteiger charge is 2.27. The first-order chi connectivity index (χ1) is 15.7. The van der Waals surface area contributed by atoms with E-state index < -0.39 is 5.91 Å². The van der Waals surface area contributed by atoms with E-state index in [1.807, 2.05) is 18.2 Å². The molecule has 0 saturated heterocycles. The first-order valence-corrected chi connectivity index (χ1v) is 11.4. The van der Waals surface area contributed by atoms with Crippen LogP contribution in [0.2, 0.25) is 0 Å². The first kappa shape index (κ1) is 22.8. The molecule has 6 heteroatoms. The van der Waals surface area contributed by atoms with Crippen molar-refractivity contribution in [2.75, 3.05) is 5.32 Å². The lowest BCUT2D eigenvalue weighted by Crippen LogP contribution is -2.32. The van der Waals surface area contributed by atoms with Gasteiger partial charge in [-0.2, -0.15) is 5.26 Å². The van der Waals surface area contributed by atoms with Gasteiger partial charge in [-0.3, -0.25) is 10.2 Å². The second-order valence-corrected chi connectivity index (χ2v) is 9.69. The predicted octanol–water partition coefficient (Wildman–Crippen LogP) is 5.32. The van der Waals surface area contributed by atoms with E-state index in [1.165, 1.54) is 17.3 Å². The maximum atomic E-state index is 12.7. The van der Waals surface area contributed by atoms with Crippen molar-refractivity contribution in [3.8, 4) is 6.07 Å². The molecule has 0 fully saturated rings. The molecule has 1 aromatic carbocycles. The van der Waals surface area contributed by atoms with Crippen LogP contribution in [0.1, 0.15) is 57.6 Å². The van der Waals surface area contributed by atoms with Gasteiger partial charge in [0.25, 0.3) is 5.91 Å². The fourth-order valence-corrected chi connectivity index (χ4v) is 4.34. The highest BCUT2D eigenvalue weighted by molar-refractivity contribution is 6.41. The van der Waals surface area contributed by atoms with Gasteiger partial charge in [-0.15, -0.1) is 0 Å². The Morgan fingerprint density at radius 1 is 1.30 bits per heavy atom. The summed E-state index contributed by atoms with van der Waals surface area (Å²) in [5.74, 6) is -0.858. The lowest BCUT2D eigenvalue weighted by molar-refractivity contribution is -0.110. The molecule has 0 spiro atoms. The number of nitriles is 1. The number of nitrogens with one attached hydrogen (secondary N) is 3. The SMILES string of the molecule is C/C(C#N)=C\NC(=N)C(=O)Nc1ccc(C2=C[C@H]3C=C[C@@H](C2)O3)cc1C1=CCC(C)(C)CC1. The van der Waals surface area contributed by atoms with E-state index in [0.717, 1.165) is 36.8 Å². The Morgan fingerprint density at radius 3 is 2.82 bits per heavy atom. The number of hydrogen-bond acceptors (Lipinski definition) is 4. The maximum absolute atomic E-state index is 12.7. The molecule has 2 atom stereocenters. The van der Waals surface area contributed by atoms with Gasteiger partial charge < -0.3 is 15.4 Å². The molecule has 3 aliphatic rings. The lowest BCUT2D eigenvalue weighted by Gasteiger charge is -2.30. The Labute approximate surface area is 195 Å². The van der Waals surface area contributed by atoms with Crippen molar-refractivity contribution in [2.24, 2.45) is 5.41 Å². The second-order valence-electron chi connectivity index (χ2n) is 9.69. The monoisotopic (exact) mass is 442 g/mol. The molecule has 0 saturated carbocycles. The molecule has 6 nitrogen and oxygen atoms in total. The van der Waals surface area contributed by atoms with Crippen molar-refractivity contribution in [1.82, 2.24) is 5.32 Å². The van der Waals surface area contributed by atoms with Crippen LogP contribution in [0.15, 0.2) is 54.3 Å². The second kappa shape index (κ2) is 9.21. The summed E-state index contributed by atoms with van der Waals surface area (Å²) in [5, 5.41) is 22.3. The number of carbonyl (C=O) groups excluding carboxylic acids is 1. The number of carbonyl (C=O) groups is 1. The molecule has 0 unspecified atom stereocenters. The van der Waals surface area contributed by atoms with Crippen LogP contribution in [0.3, 0.4) is 0 Å². The van der Waals surface area contributed by atoms with E-state index >= 15 is 0 Å². The summed E-state index contributed by atoms with van der Waals surface area (Å²) < 4.78 is 5.86. The molecule has 1 aliphatic carbocycles. The van der Waals surface area contributed by atoms with Gasteiger partial charge in [-0.1, -0.05) is 38.1 Å². The van der Waals surface area contributed by atoms with Gasteiger partial charge in [0.15, 0.2) is 5.84 Å². The van der Waals surface area contributed by atoms with Crippen LogP contribution in [0.5, 0.6) is 0 Å². The number of anilines is 1. The molecular formula is C27H30N4O2. The standard InChI is InChI=1S/C27H30N4O2/c1-17(15-28)16-30-25(29)26(32)31-24-7-4-19(20-12-21-5-6-22(13-20)33-21)14-23(24)18-8-10-27(2,3)11-9-18/h4-8,12,14,16,21-22H,9-11,13H2,1-3H3,(H2,29,30)(H,31,32)/b17-16+/t21-,22+/m1/s1. The van der Waals surface area contributed by atoms with Crippen molar-refractivity contribution >= 4 is 28.6 Å². The van der Waals surface area contributed by atoms with Crippen LogP contribution < -0.4 is 10.6 Å². The number of amides is 1. The summed E-state index contributed by atoms with van der Waals surface area (Å²) in [5.41, 5.74) is 5.97. The van der Waals surface area contributed by atoms with Gasteiger partial charge in [0.1, 0.15) is 0 Å². The summed E-state index contributed by atoms with van der Waals surface area (Å²) in [6.07, 6.45) is 14.0. The number of nitrogens with zero attached hydrogens (tertiary/aromatic N) is 1. The fourth-order valence-electron chi connectivity index (χ4n) is 4.34. The highest BCUT2D eigenvalue weighted by Crippen LogP contribution is 2.41. The summed E-state index contributed by atoms with van der Waals surface area (Å²) in [7, 11) is 0. The zero-order chi connectivity index (χ0) is 23.6. The third kappa shape index (κ3) is 5.32. The minimum Gasteiger partial charge on any atom is -0.362 e. The Balaban J connectivity index is 1.62. The van der Waals surface area contributed by atoms with E-state index in [4.69, 9.17) is 15.4 Å². The van der Waals surface area contributed by atoms with E-state index in [9.17, 15) is 4.79 Å². The van der Waals surface area contributed by atoms with Gasteiger partial charge >= 0.3 is 0 Å². The van der Waals surface area contributed by atoms with Gasteiger partial charge in [-0.25, -0.2) is 0 Å². The Kier molecular flexibility index (Phi) is 6.35. The summed E-state index contributed by atoms with van der Waals surface area (Å²) in [4.78, 5) is 12.7. The van der Waals surface area contributed by atoms with Crippen molar-refractivity contribution in [1.29, 1.82) is 10.7 Å². The number of rotatable bonds is 4. The van der Waals surface area contributed by atoms with Crippen LogP contribution in [0.25, 0.3) is 11.1 Å². The Bertz CT molecular complexity index is 1150. The largest absolute Gasteiger partial charge is 0.362 e. The highest BCUT2D eigenvalue weighted by atomic mass is 16.5. The minimum absolute atomic E-state index is 0.0349. The first-order valence-electron chi connectivity index (χ1n) is 11.4. The summed E-state index contributed by atoms with van der Waals surface area (Å²) >= 11 is 0. The molecule has 1 amide bonds. The van der Waals surface area contributed by atoms with Crippen molar-refractivity contribution in [3.05, 3.63) is 65.4 Å². The molecule has 170 valence electrons. The van der Waals surface area contributed by atoms with Crippen molar-refractivity contribution in [2.45, 2.75) is 58.7 Å². The quantitative estimate of drug-likeness (QED) is 0.254. The maximum Gasteiger partial charge on any atom is 0.290 e. The van der Waals surface area contributed by atoms with Crippen LogP contribution in [0, 0.1) is 22.2 Å². The molecule has 33 heavy (non-hydrogen) atoms. The molecule has 0 radical (unpaired) electrons. The normalized spacial score (nSPS) is 23.3. The third-order valence-corrected chi connectivity index (χ3v) is 6.43. The molecule has 2 aliphatic heterocycles. The number of ether oxygens (including phenoxy) is 1. The van der Waals surface area contributed by atoms with E-state index in [2.05, 4.69) is 54.9 Å². The zero-order valence-corrected chi connectivity index (χ0v) is 19.4. The number of allylic oxidation sites excluding steroid dienone is 3. The van der Waals surface area contributed by atoms with Crippen LogP contribution in [-0.2, 0) is 9.53 Å². The van der Waals surface area contributed by atoms with Gasteiger partial charge in [-0.05, 0) is 66.5 Å². The lowest BCUT2D eigenvalue weighted by atomic mass is 9.76. The van der Waals surface area contributed by atoms with E-state index in [-0.39, 0.29) is 23.5 Å². The molecule has 2 heterocycles. The molecule has 4 rings (SSSR count). The fraction of sp³-hybridized carbons (Fsp3) is 0.370. The average molecular weight is 443 g/mol. The third-order valence-electron chi connectivity index (χ3n) is 6.43. The number of fused-ring (bicyclic) bond motifs is 2. The zero-order valence-electron chi connectivity index (χ0n) is 19.4. The minimum atomic E-state index is -0.546. The van der Waals surface area contributed by atoms with Crippen LogP contribution in [0.4, 0.5) is 5.69 Å². The Hall–Kier alpha value is -3.43. The van der Waals surface area contributed by atoms with E-state index in [1.54, 1.807) is 6.92 Å². The molecular weight excluding hydrogens is 412 g/mol. The Morgan fingerprint density at radius 2 is 2.12 bits per heavy atom. The average Bonchev–Trinajstić information content (AvgIpc) is 3.14. The van der Waals surface area contributed by atoms with E-state index in [0.29, 0.717) is 11.3 Å². The molecule has 0 aromatic heterocycles. The van der Waals surface area contributed by atoms with Crippen LogP contribution >= 0.6 is 0 Å². The van der Waals surface area contributed by atoms with Gasteiger partial charge in [0.05, 0.1) is 18.3 Å². The van der Waals surface area contributed by atoms with Crippen LogP contribution in [-0.4, -0.2) is 24.0 Å². The number of hydrogen-bond donors (Lipinski definition) is 3. The summed E-state index contributed by atoms with van der Waals surface area (Å²) in [6, 6.07) is 8.08. The van der Waals surface area contributed by atoms with Crippen molar-refractivity contribution in [3.63, 3.8) is 0 Å². The summed E-state index contributed by atoms with van der Waals surface area (Å²) in [6.45, 7) is 6.16. The smallest absolute Gasteiger partial charge is 0.290 e. The van der Waals surface area contributed by atoms with Crippen molar-refractivity contribution < 1.29 is 9.53 Å². The molecule has 2 bridgehead atoms. The molecule has 1 aromatic rings. The molecule has 3 N–H and O–H groups in total. The number of amidine groups is 1. The predicted molar refractivity (Wildman–Crippen MR) is 131 cm³/mol. The van der Waals surface area contributed by atoms with Gasteiger partial charge in [0, 0.05) is 29.4 Å². The topological polar surface area (TPSA) is 98.0 Å². The van der Waals surface area contributed by atoms with Gasteiger partial charge in [0.2, 0.25) is 0 Å². The number of benzene rings is 1.